The summed E-state index contributed by atoms with van der Waals surface area (Å²) in [5.41, 5.74) is 3.63. The summed E-state index contributed by atoms with van der Waals surface area (Å²) in [5, 5.41) is 3.41. The van der Waals surface area contributed by atoms with Crippen molar-refractivity contribution in [1.82, 2.24) is 10.2 Å². The van der Waals surface area contributed by atoms with E-state index in [2.05, 4.69) is 41.4 Å². The molecular formula is C19H30N2. The summed E-state index contributed by atoms with van der Waals surface area (Å²) in [6.07, 6.45) is 8.82. The van der Waals surface area contributed by atoms with Gasteiger partial charge < -0.3 is 5.32 Å². The Morgan fingerprint density at radius 2 is 1.76 bits per heavy atom. The van der Waals surface area contributed by atoms with E-state index in [0.29, 0.717) is 0 Å². The van der Waals surface area contributed by atoms with Crippen molar-refractivity contribution in [3.8, 4) is 0 Å². The Labute approximate surface area is 129 Å². The van der Waals surface area contributed by atoms with Crippen molar-refractivity contribution in [3.63, 3.8) is 0 Å². The molecule has 0 radical (unpaired) electrons. The summed E-state index contributed by atoms with van der Waals surface area (Å²) in [4.78, 5) is 2.66. The number of nitrogens with zero attached hydrogens (tertiary/aromatic N) is 1. The van der Waals surface area contributed by atoms with Crippen molar-refractivity contribution >= 4 is 0 Å². The third kappa shape index (κ3) is 3.87. The fraction of sp³-hybridized carbons (Fsp3) is 0.684. The van der Waals surface area contributed by atoms with Crippen molar-refractivity contribution in [1.29, 1.82) is 0 Å². The topological polar surface area (TPSA) is 15.3 Å². The molecule has 1 heterocycles. The van der Waals surface area contributed by atoms with E-state index in [1.54, 1.807) is 0 Å². The maximum absolute atomic E-state index is 3.41. The van der Waals surface area contributed by atoms with Gasteiger partial charge in [0.2, 0.25) is 0 Å². The molecule has 0 unspecified atom stereocenters. The number of rotatable bonds is 5. The van der Waals surface area contributed by atoms with E-state index in [1.807, 2.05) is 0 Å². The van der Waals surface area contributed by atoms with E-state index in [1.165, 1.54) is 62.7 Å². The summed E-state index contributed by atoms with van der Waals surface area (Å²) in [6.45, 7) is 7.94. The Balaban J connectivity index is 1.53. The van der Waals surface area contributed by atoms with Gasteiger partial charge in [0.05, 0.1) is 0 Å². The Hall–Kier alpha value is -0.860. The van der Waals surface area contributed by atoms with E-state index >= 15 is 0 Å². The first-order valence-corrected chi connectivity index (χ1v) is 8.81. The standard InChI is InChI=1S/C19H30N2/c1-2-20-15-17-6-5-7-18(14-17)16-21-12-10-19(11-13-21)8-3-4-9-19/h5-7,14,20H,2-4,8-13,15-16H2,1H3. The zero-order valence-corrected chi connectivity index (χ0v) is 13.5. The Kier molecular flexibility index (Phi) is 4.97. The van der Waals surface area contributed by atoms with Gasteiger partial charge in [0, 0.05) is 13.1 Å². The predicted molar refractivity (Wildman–Crippen MR) is 89.2 cm³/mol. The van der Waals surface area contributed by atoms with Crippen molar-refractivity contribution in [3.05, 3.63) is 35.4 Å². The molecule has 0 atom stereocenters. The van der Waals surface area contributed by atoms with Crippen LogP contribution in [0.25, 0.3) is 0 Å². The molecule has 0 amide bonds. The van der Waals surface area contributed by atoms with Gasteiger partial charge in [-0.3, -0.25) is 4.90 Å². The van der Waals surface area contributed by atoms with E-state index in [-0.39, 0.29) is 0 Å². The van der Waals surface area contributed by atoms with Gasteiger partial charge in [-0.2, -0.15) is 0 Å². The SMILES string of the molecule is CCNCc1cccc(CN2CCC3(CCCC3)CC2)c1. The first kappa shape index (κ1) is 15.1. The average Bonchev–Trinajstić information content (AvgIpc) is 2.97. The third-order valence-corrected chi connectivity index (χ3v) is 5.56. The van der Waals surface area contributed by atoms with Crippen LogP contribution in [-0.4, -0.2) is 24.5 Å². The molecule has 0 bridgehead atoms. The lowest BCUT2D eigenvalue weighted by Crippen LogP contribution is -2.38. The van der Waals surface area contributed by atoms with E-state index < -0.39 is 0 Å². The fourth-order valence-electron chi connectivity index (χ4n) is 4.18. The Bertz CT molecular complexity index is 439. The highest BCUT2D eigenvalue weighted by Crippen LogP contribution is 2.46. The molecule has 0 aromatic heterocycles. The van der Waals surface area contributed by atoms with Crippen molar-refractivity contribution < 1.29 is 0 Å². The molecule has 3 rings (SSSR count). The lowest BCUT2D eigenvalue weighted by atomic mass is 9.77. The third-order valence-electron chi connectivity index (χ3n) is 5.56. The van der Waals surface area contributed by atoms with E-state index in [0.717, 1.165) is 25.0 Å². The number of piperidine rings is 1. The van der Waals surface area contributed by atoms with Crippen LogP contribution in [0, 0.1) is 5.41 Å². The summed E-state index contributed by atoms with van der Waals surface area (Å²) >= 11 is 0. The molecule has 2 aliphatic rings. The zero-order valence-electron chi connectivity index (χ0n) is 13.5. The van der Waals surface area contributed by atoms with Gasteiger partial charge in [-0.15, -0.1) is 0 Å². The minimum atomic E-state index is 0.739. The monoisotopic (exact) mass is 286 g/mol. The van der Waals surface area contributed by atoms with Gasteiger partial charge in [0.1, 0.15) is 0 Å². The summed E-state index contributed by atoms with van der Waals surface area (Å²) in [7, 11) is 0. The predicted octanol–water partition coefficient (Wildman–Crippen LogP) is 3.95. The molecule has 1 saturated heterocycles. The quantitative estimate of drug-likeness (QED) is 0.881. The Morgan fingerprint density at radius 1 is 1.05 bits per heavy atom. The summed E-state index contributed by atoms with van der Waals surface area (Å²) in [5.74, 6) is 0. The first-order valence-electron chi connectivity index (χ1n) is 8.81. The highest BCUT2D eigenvalue weighted by Gasteiger charge is 2.36. The minimum absolute atomic E-state index is 0.739. The Morgan fingerprint density at radius 3 is 2.48 bits per heavy atom. The van der Waals surface area contributed by atoms with Crippen molar-refractivity contribution in [2.75, 3.05) is 19.6 Å². The van der Waals surface area contributed by atoms with E-state index in [9.17, 15) is 0 Å². The van der Waals surface area contributed by atoms with Crippen LogP contribution in [0.15, 0.2) is 24.3 Å². The van der Waals surface area contributed by atoms with Crippen LogP contribution in [0.4, 0.5) is 0 Å². The maximum atomic E-state index is 3.41. The number of nitrogens with one attached hydrogen (secondary N) is 1. The minimum Gasteiger partial charge on any atom is -0.313 e. The normalized spacial score (nSPS) is 22.0. The molecule has 1 aliphatic heterocycles. The molecule has 1 aliphatic carbocycles. The summed E-state index contributed by atoms with van der Waals surface area (Å²) in [6, 6.07) is 9.11. The van der Waals surface area contributed by atoms with Crippen molar-refractivity contribution in [2.45, 2.75) is 58.5 Å². The second-order valence-electron chi connectivity index (χ2n) is 7.08. The molecule has 116 valence electrons. The van der Waals surface area contributed by atoms with Crippen LogP contribution in [-0.2, 0) is 13.1 Å². The molecule has 1 N–H and O–H groups in total. The molecule has 1 aromatic carbocycles. The molecule has 21 heavy (non-hydrogen) atoms. The van der Waals surface area contributed by atoms with Gasteiger partial charge in [0.25, 0.3) is 0 Å². The molecule has 2 fully saturated rings. The second-order valence-corrected chi connectivity index (χ2v) is 7.08. The number of hydrogen-bond acceptors (Lipinski definition) is 2. The van der Waals surface area contributed by atoms with Crippen LogP contribution in [0.3, 0.4) is 0 Å². The first-order chi connectivity index (χ1) is 10.3. The molecule has 1 spiro atoms. The average molecular weight is 286 g/mol. The largest absolute Gasteiger partial charge is 0.313 e. The van der Waals surface area contributed by atoms with Gasteiger partial charge in [-0.25, -0.2) is 0 Å². The lowest BCUT2D eigenvalue weighted by molar-refractivity contribution is 0.103. The van der Waals surface area contributed by atoms with Gasteiger partial charge in [0.15, 0.2) is 0 Å². The number of benzene rings is 1. The smallest absolute Gasteiger partial charge is 0.0233 e. The van der Waals surface area contributed by atoms with Gasteiger partial charge >= 0.3 is 0 Å². The van der Waals surface area contributed by atoms with E-state index in [4.69, 9.17) is 0 Å². The lowest BCUT2D eigenvalue weighted by Gasteiger charge is -2.39. The van der Waals surface area contributed by atoms with Crippen molar-refractivity contribution in [2.24, 2.45) is 5.41 Å². The molecule has 2 heteroatoms. The molecule has 1 saturated carbocycles. The summed E-state index contributed by atoms with van der Waals surface area (Å²) < 4.78 is 0. The molecule has 1 aromatic rings. The zero-order chi connectivity index (χ0) is 14.5. The molecular weight excluding hydrogens is 256 g/mol. The number of hydrogen-bond donors (Lipinski definition) is 1. The van der Waals surface area contributed by atoms with Crippen LogP contribution in [0.1, 0.15) is 56.6 Å². The number of likely N-dealkylation sites (tertiary alicyclic amines) is 1. The van der Waals surface area contributed by atoms with Gasteiger partial charge in [-0.1, -0.05) is 44.0 Å². The highest BCUT2D eigenvalue weighted by molar-refractivity contribution is 5.23. The van der Waals surface area contributed by atoms with Gasteiger partial charge in [-0.05, 0) is 61.9 Å². The second kappa shape index (κ2) is 6.93. The van der Waals surface area contributed by atoms with Crippen LogP contribution in [0.2, 0.25) is 0 Å². The molecule has 2 nitrogen and oxygen atoms in total. The maximum Gasteiger partial charge on any atom is 0.0233 e. The van der Waals surface area contributed by atoms with Crippen LogP contribution < -0.4 is 5.32 Å². The van der Waals surface area contributed by atoms with Crippen LogP contribution >= 0.6 is 0 Å². The highest BCUT2D eigenvalue weighted by atomic mass is 15.1. The fourth-order valence-corrected chi connectivity index (χ4v) is 4.18. The van der Waals surface area contributed by atoms with Crippen LogP contribution in [0.5, 0.6) is 0 Å².